The molecule has 0 radical (unpaired) electrons. The summed E-state index contributed by atoms with van der Waals surface area (Å²) in [6, 6.07) is 1.67. The van der Waals surface area contributed by atoms with Gasteiger partial charge in [-0.3, -0.25) is 18.2 Å². The Morgan fingerprint density at radius 2 is 1.61 bits per heavy atom. The van der Waals surface area contributed by atoms with Crippen molar-refractivity contribution in [1.29, 1.82) is 0 Å². The minimum absolute atomic E-state index is 0.0383. The van der Waals surface area contributed by atoms with E-state index in [-0.39, 0.29) is 13.2 Å². The normalized spacial score (nSPS) is 11.5. The third kappa shape index (κ3) is 12.6. The molecular weight excluding hydrogens is 483 g/mol. The highest BCUT2D eigenvalue weighted by atomic mass is 32.2. The zero-order valence-electron chi connectivity index (χ0n) is 19.1. The lowest BCUT2D eigenvalue weighted by atomic mass is 10.5. The Morgan fingerprint density at radius 1 is 1.06 bits per heavy atom. The van der Waals surface area contributed by atoms with E-state index in [1.807, 2.05) is 0 Å². The number of ether oxygens (including phenoxy) is 5. The lowest BCUT2D eigenvalue weighted by Gasteiger charge is -2.19. The average Bonchev–Trinajstić information content (AvgIpc) is 2.71. The van der Waals surface area contributed by atoms with Crippen LogP contribution in [0.5, 0.6) is 0 Å². The molecule has 1 heterocycles. The first kappa shape index (κ1) is 28.9. The SMILES string of the molecule is CSc1ccn(CCOCP(=O)(OCOC(=O)OC(C)C)OCOC(=O)OC(C)C)c(=O)n1. The van der Waals surface area contributed by atoms with Crippen LogP contribution in [0, 0.1) is 0 Å². The van der Waals surface area contributed by atoms with E-state index in [2.05, 4.69) is 14.5 Å². The molecule has 0 saturated carbocycles. The van der Waals surface area contributed by atoms with Gasteiger partial charge in [0.1, 0.15) is 11.4 Å². The van der Waals surface area contributed by atoms with Crippen LogP contribution < -0.4 is 5.69 Å². The Morgan fingerprint density at radius 3 is 2.06 bits per heavy atom. The van der Waals surface area contributed by atoms with Crippen LogP contribution in [-0.4, -0.2) is 66.9 Å². The van der Waals surface area contributed by atoms with Gasteiger partial charge >= 0.3 is 25.6 Å². The molecule has 0 aliphatic heterocycles. The molecule has 0 aliphatic carbocycles. The second-order valence-corrected chi connectivity index (χ2v) is 9.53. The molecule has 33 heavy (non-hydrogen) atoms. The second-order valence-electron chi connectivity index (χ2n) is 6.71. The molecule has 0 N–H and O–H groups in total. The third-order valence-electron chi connectivity index (χ3n) is 3.30. The van der Waals surface area contributed by atoms with Gasteiger partial charge in [-0.05, 0) is 40.0 Å². The van der Waals surface area contributed by atoms with Crippen molar-refractivity contribution in [3.05, 3.63) is 22.7 Å². The van der Waals surface area contributed by atoms with E-state index in [1.165, 1.54) is 16.3 Å². The lowest BCUT2D eigenvalue weighted by molar-refractivity contribution is -0.0344. The fourth-order valence-electron chi connectivity index (χ4n) is 1.91. The van der Waals surface area contributed by atoms with Gasteiger partial charge in [-0.2, -0.15) is 4.98 Å². The van der Waals surface area contributed by atoms with Crippen LogP contribution in [0.25, 0.3) is 0 Å². The summed E-state index contributed by atoms with van der Waals surface area (Å²) in [6.07, 6.45) is -0.141. The standard InChI is InChI=1S/C18H29N2O11PS/c1-13(2)30-17(22)26-10-28-32(24,29-11-27-18(23)31-14(3)4)12-25-9-8-20-7-6-15(33-5)19-16(20)21/h6-7,13-14H,8-12H2,1-5H3. The van der Waals surface area contributed by atoms with Gasteiger partial charge in [-0.1, -0.05) is 0 Å². The Bertz CT molecular complexity index is 830. The van der Waals surface area contributed by atoms with Crippen molar-refractivity contribution in [1.82, 2.24) is 9.55 Å². The van der Waals surface area contributed by atoms with Crippen molar-refractivity contribution in [3.63, 3.8) is 0 Å². The quantitative estimate of drug-likeness (QED) is 0.0897. The van der Waals surface area contributed by atoms with Gasteiger partial charge < -0.3 is 23.7 Å². The molecule has 1 rings (SSSR count). The molecule has 0 atom stereocenters. The zero-order valence-corrected chi connectivity index (χ0v) is 20.8. The number of carbonyl (C=O) groups excluding carboxylic acids is 2. The van der Waals surface area contributed by atoms with Crippen molar-refractivity contribution >= 4 is 31.7 Å². The van der Waals surface area contributed by atoms with Crippen LogP contribution >= 0.6 is 19.4 Å². The maximum absolute atomic E-state index is 12.9. The van der Waals surface area contributed by atoms with E-state index in [0.717, 1.165) is 0 Å². The van der Waals surface area contributed by atoms with Gasteiger partial charge in [0, 0.05) is 6.20 Å². The minimum Gasteiger partial charge on any atom is -0.432 e. The average molecular weight is 512 g/mol. The van der Waals surface area contributed by atoms with Gasteiger partial charge in [-0.15, -0.1) is 11.8 Å². The molecule has 1 aromatic rings. The second kappa shape index (κ2) is 14.9. The first-order valence-corrected chi connectivity index (χ1v) is 12.7. The number of aromatic nitrogens is 2. The highest BCUT2D eigenvalue weighted by molar-refractivity contribution is 7.98. The van der Waals surface area contributed by atoms with Gasteiger partial charge in [-0.25, -0.2) is 14.4 Å². The van der Waals surface area contributed by atoms with Gasteiger partial charge in [0.05, 0.1) is 25.4 Å². The molecule has 0 fully saturated rings. The summed E-state index contributed by atoms with van der Waals surface area (Å²) in [4.78, 5) is 38.6. The molecule has 0 aliphatic rings. The van der Waals surface area contributed by atoms with E-state index in [0.29, 0.717) is 5.03 Å². The Balaban J connectivity index is 2.60. The number of thioether (sulfide) groups is 1. The summed E-state index contributed by atoms with van der Waals surface area (Å²) >= 11 is 1.33. The van der Waals surface area contributed by atoms with Crippen LogP contribution in [0.1, 0.15) is 27.7 Å². The zero-order chi connectivity index (χ0) is 24.9. The molecular formula is C18H29N2O11PS. The molecule has 1 aromatic heterocycles. The molecule has 13 nitrogen and oxygen atoms in total. The van der Waals surface area contributed by atoms with E-state index in [9.17, 15) is 18.9 Å². The fourth-order valence-corrected chi connectivity index (χ4v) is 3.28. The molecule has 15 heteroatoms. The largest absolute Gasteiger partial charge is 0.510 e. The number of nitrogens with zero attached hydrogens (tertiary/aromatic N) is 2. The van der Waals surface area contributed by atoms with Crippen molar-refractivity contribution < 1.29 is 46.9 Å². The number of rotatable bonds is 14. The summed E-state index contributed by atoms with van der Waals surface area (Å²) in [6.45, 7) is 5.03. The van der Waals surface area contributed by atoms with Crippen molar-refractivity contribution in [2.45, 2.75) is 51.5 Å². The van der Waals surface area contributed by atoms with E-state index in [4.69, 9.17) is 23.3 Å². The van der Waals surface area contributed by atoms with Crippen LogP contribution in [0.15, 0.2) is 22.1 Å². The summed E-state index contributed by atoms with van der Waals surface area (Å²) < 4.78 is 48.4. The van der Waals surface area contributed by atoms with Crippen molar-refractivity contribution in [2.24, 2.45) is 0 Å². The topological polar surface area (TPSA) is 151 Å². The van der Waals surface area contributed by atoms with Gasteiger partial charge in [0.2, 0.25) is 13.6 Å². The van der Waals surface area contributed by atoms with E-state index < -0.39 is 57.7 Å². The maximum atomic E-state index is 12.9. The molecule has 0 spiro atoms. The molecule has 0 bridgehead atoms. The number of carbonyl (C=O) groups is 2. The van der Waals surface area contributed by atoms with Crippen LogP contribution in [0.4, 0.5) is 9.59 Å². The summed E-state index contributed by atoms with van der Waals surface area (Å²) in [5.41, 5.74) is -0.463. The molecule has 0 aromatic carbocycles. The first-order chi connectivity index (χ1) is 15.5. The molecule has 0 amide bonds. The van der Waals surface area contributed by atoms with Crippen molar-refractivity contribution in [2.75, 3.05) is 32.8 Å². The Hall–Kier alpha value is -2.12. The third-order valence-corrected chi connectivity index (χ3v) is 5.44. The van der Waals surface area contributed by atoms with Gasteiger partial charge in [0.15, 0.2) is 0 Å². The van der Waals surface area contributed by atoms with Gasteiger partial charge in [0.25, 0.3) is 0 Å². The fraction of sp³-hybridized carbons (Fsp3) is 0.667. The summed E-state index contributed by atoms with van der Waals surface area (Å²) in [5, 5.41) is 0.579. The molecule has 0 saturated heterocycles. The highest BCUT2D eigenvalue weighted by Gasteiger charge is 2.27. The lowest BCUT2D eigenvalue weighted by Crippen LogP contribution is -2.24. The van der Waals surface area contributed by atoms with Crippen LogP contribution in [-0.2, 0) is 43.8 Å². The van der Waals surface area contributed by atoms with Crippen LogP contribution in [0.3, 0.4) is 0 Å². The number of hydrogen-bond donors (Lipinski definition) is 0. The molecule has 0 unspecified atom stereocenters. The summed E-state index contributed by atoms with van der Waals surface area (Å²) in [5.74, 6) is 0. The van der Waals surface area contributed by atoms with Crippen LogP contribution in [0.2, 0.25) is 0 Å². The van der Waals surface area contributed by atoms with E-state index >= 15 is 0 Å². The molecule has 188 valence electrons. The minimum atomic E-state index is -4.04. The van der Waals surface area contributed by atoms with Crippen molar-refractivity contribution in [3.8, 4) is 0 Å². The summed E-state index contributed by atoms with van der Waals surface area (Å²) in [7, 11) is -4.04. The number of hydrogen-bond acceptors (Lipinski definition) is 13. The Labute approximate surface area is 195 Å². The van der Waals surface area contributed by atoms with E-state index in [1.54, 1.807) is 46.2 Å². The first-order valence-electron chi connectivity index (χ1n) is 9.79. The predicted octanol–water partition coefficient (Wildman–Crippen LogP) is 3.20. The maximum Gasteiger partial charge on any atom is 0.510 e. The smallest absolute Gasteiger partial charge is 0.432 e. The highest BCUT2D eigenvalue weighted by Crippen LogP contribution is 2.48. The monoisotopic (exact) mass is 512 g/mol. The Kier molecular flexibility index (Phi) is 13.1. The predicted molar refractivity (Wildman–Crippen MR) is 116 cm³/mol.